The van der Waals surface area contributed by atoms with Crippen LogP contribution in [0.1, 0.15) is 6.92 Å². The molecule has 1 aromatic carbocycles. The number of carbonyl (C=O) groups excluding carboxylic acids is 1. The Hall–Kier alpha value is -2.34. The van der Waals surface area contributed by atoms with Crippen molar-refractivity contribution in [1.29, 1.82) is 0 Å². The van der Waals surface area contributed by atoms with Crippen LogP contribution in [0.3, 0.4) is 0 Å². The summed E-state index contributed by atoms with van der Waals surface area (Å²) in [6.07, 6.45) is 0.0487. The minimum Gasteiger partial charge on any atom is -0.484 e. The van der Waals surface area contributed by atoms with Crippen molar-refractivity contribution in [1.82, 2.24) is 4.90 Å². The molecule has 0 bridgehead atoms. The minimum atomic E-state index is -0.414. The molecule has 0 N–H and O–H groups in total. The highest BCUT2D eigenvalue weighted by molar-refractivity contribution is 5.79. The molecule has 0 radical (unpaired) electrons. The van der Waals surface area contributed by atoms with Crippen LogP contribution in [-0.4, -0.2) is 43.2 Å². The fourth-order valence-corrected chi connectivity index (χ4v) is 2.41. The predicted molar refractivity (Wildman–Crippen MR) is 80.0 cm³/mol. The van der Waals surface area contributed by atoms with Gasteiger partial charge in [0.1, 0.15) is 11.3 Å². The molecule has 22 heavy (non-hydrogen) atoms. The molecule has 1 aliphatic heterocycles. The average molecular weight is 303 g/mol. The van der Waals surface area contributed by atoms with Crippen molar-refractivity contribution in [3.63, 3.8) is 0 Å². The van der Waals surface area contributed by atoms with Crippen LogP contribution < -0.4 is 10.4 Å². The monoisotopic (exact) mass is 303 g/mol. The van der Waals surface area contributed by atoms with Crippen LogP contribution in [0.15, 0.2) is 39.5 Å². The quantitative estimate of drug-likeness (QED) is 0.802. The maximum absolute atomic E-state index is 12.1. The second-order valence-electron chi connectivity index (χ2n) is 5.26. The van der Waals surface area contributed by atoms with E-state index in [1.807, 2.05) is 6.92 Å². The van der Waals surface area contributed by atoms with Crippen LogP contribution in [0.25, 0.3) is 11.0 Å². The molecule has 1 fully saturated rings. The molecule has 1 amide bonds. The molecule has 1 aliphatic rings. The standard InChI is InChI=1S/C16H17NO5/c1-11-9-17(6-7-20-11)15(18)10-21-13-4-2-12-3-5-16(19)22-14(12)8-13/h2-5,8,11H,6-7,9-10H2,1H3. The highest BCUT2D eigenvalue weighted by Gasteiger charge is 2.21. The number of rotatable bonds is 3. The Balaban J connectivity index is 1.65. The van der Waals surface area contributed by atoms with E-state index in [9.17, 15) is 9.59 Å². The molecule has 116 valence electrons. The number of amides is 1. The highest BCUT2D eigenvalue weighted by atomic mass is 16.5. The predicted octanol–water partition coefficient (Wildman–Crippen LogP) is 1.42. The number of benzene rings is 1. The summed E-state index contributed by atoms with van der Waals surface area (Å²) in [5.41, 5.74) is 0.0282. The van der Waals surface area contributed by atoms with Crippen molar-refractivity contribution in [2.75, 3.05) is 26.3 Å². The fourth-order valence-electron chi connectivity index (χ4n) is 2.41. The smallest absolute Gasteiger partial charge is 0.336 e. The van der Waals surface area contributed by atoms with E-state index in [1.54, 1.807) is 29.2 Å². The Labute approximate surface area is 127 Å². The van der Waals surface area contributed by atoms with Crippen LogP contribution in [-0.2, 0) is 9.53 Å². The Morgan fingerprint density at radius 2 is 2.18 bits per heavy atom. The Kier molecular flexibility index (Phi) is 4.11. The molecule has 2 aromatic rings. The van der Waals surface area contributed by atoms with Crippen LogP contribution in [0.5, 0.6) is 5.75 Å². The van der Waals surface area contributed by atoms with Gasteiger partial charge in [-0.3, -0.25) is 4.79 Å². The van der Waals surface area contributed by atoms with Gasteiger partial charge in [-0.2, -0.15) is 0 Å². The van der Waals surface area contributed by atoms with Crippen LogP contribution in [0.4, 0.5) is 0 Å². The van der Waals surface area contributed by atoms with E-state index in [-0.39, 0.29) is 18.6 Å². The van der Waals surface area contributed by atoms with E-state index in [1.165, 1.54) is 6.07 Å². The third-order valence-corrected chi connectivity index (χ3v) is 3.55. The topological polar surface area (TPSA) is 69.0 Å². The van der Waals surface area contributed by atoms with E-state index >= 15 is 0 Å². The number of hydrogen-bond acceptors (Lipinski definition) is 5. The summed E-state index contributed by atoms with van der Waals surface area (Å²) < 4.78 is 16.0. The van der Waals surface area contributed by atoms with Crippen molar-refractivity contribution in [2.45, 2.75) is 13.0 Å². The molecule has 6 heteroatoms. The van der Waals surface area contributed by atoms with E-state index in [0.29, 0.717) is 31.0 Å². The second kappa shape index (κ2) is 6.19. The summed E-state index contributed by atoms with van der Waals surface area (Å²) in [6, 6.07) is 8.20. The summed E-state index contributed by atoms with van der Waals surface area (Å²) in [5.74, 6) is 0.418. The zero-order valence-electron chi connectivity index (χ0n) is 12.3. The van der Waals surface area contributed by atoms with Gasteiger partial charge in [0.2, 0.25) is 0 Å². The molecule has 0 aliphatic carbocycles. The van der Waals surface area contributed by atoms with E-state index in [0.717, 1.165) is 5.39 Å². The first-order chi connectivity index (χ1) is 10.6. The Morgan fingerprint density at radius 1 is 1.36 bits per heavy atom. The number of nitrogens with zero attached hydrogens (tertiary/aromatic N) is 1. The van der Waals surface area contributed by atoms with Gasteiger partial charge in [-0.25, -0.2) is 4.79 Å². The van der Waals surface area contributed by atoms with Crippen LogP contribution in [0, 0.1) is 0 Å². The third-order valence-electron chi connectivity index (χ3n) is 3.55. The molecule has 1 unspecified atom stereocenters. The molecule has 3 rings (SSSR count). The lowest BCUT2D eigenvalue weighted by Gasteiger charge is -2.31. The number of ether oxygens (including phenoxy) is 2. The molecular weight excluding hydrogens is 286 g/mol. The van der Waals surface area contributed by atoms with Gasteiger partial charge in [-0.05, 0) is 25.1 Å². The summed E-state index contributed by atoms with van der Waals surface area (Å²) >= 11 is 0. The zero-order valence-corrected chi connectivity index (χ0v) is 12.3. The Bertz CT molecular complexity index is 739. The maximum atomic E-state index is 12.1. The second-order valence-corrected chi connectivity index (χ2v) is 5.26. The van der Waals surface area contributed by atoms with Crippen molar-refractivity contribution in [3.05, 3.63) is 40.8 Å². The van der Waals surface area contributed by atoms with Gasteiger partial charge < -0.3 is 18.8 Å². The lowest BCUT2D eigenvalue weighted by Crippen LogP contribution is -2.46. The van der Waals surface area contributed by atoms with Gasteiger partial charge in [-0.1, -0.05) is 0 Å². The molecule has 1 atom stereocenters. The number of fused-ring (bicyclic) bond motifs is 1. The van der Waals surface area contributed by atoms with Gasteiger partial charge in [0, 0.05) is 30.6 Å². The van der Waals surface area contributed by atoms with Crippen molar-refractivity contribution in [3.8, 4) is 5.75 Å². The first-order valence-corrected chi connectivity index (χ1v) is 7.18. The van der Waals surface area contributed by atoms with Crippen LogP contribution >= 0.6 is 0 Å². The van der Waals surface area contributed by atoms with Gasteiger partial charge in [0.05, 0.1) is 12.7 Å². The molecule has 1 aromatic heterocycles. The normalized spacial score (nSPS) is 18.4. The van der Waals surface area contributed by atoms with Gasteiger partial charge in [-0.15, -0.1) is 0 Å². The zero-order chi connectivity index (χ0) is 15.5. The lowest BCUT2D eigenvalue weighted by atomic mass is 10.2. The first kappa shape index (κ1) is 14.6. The van der Waals surface area contributed by atoms with Gasteiger partial charge in [0.15, 0.2) is 6.61 Å². The van der Waals surface area contributed by atoms with E-state index in [2.05, 4.69) is 0 Å². The average Bonchev–Trinajstić information content (AvgIpc) is 2.52. The van der Waals surface area contributed by atoms with Crippen molar-refractivity contribution in [2.24, 2.45) is 0 Å². The first-order valence-electron chi connectivity index (χ1n) is 7.18. The Morgan fingerprint density at radius 3 is 3.00 bits per heavy atom. The van der Waals surface area contributed by atoms with Crippen LogP contribution in [0.2, 0.25) is 0 Å². The molecular formula is C16H17NO5. The minimum absolute atomic E-state index is 0.0463. The van der Waals surface area contributed by atoms with E-state index in [4.69, 9.17) is 13.9 Å². The van der Waals surface area contributed by atoms with Crippen molar-refractivity contribution >= 4 is 16.9 Å². The number of morpholine rings is 1. The number of carbonyl (C=O) groups is 1. The molecule has 0 spiro atoms. The molecule has 0 saturated carbocycles. The molecule has 6 nitrogen and oxygen atoms in total. The van der Waals surface area contributed by atoms with Crippen molar-refractivity contribution < 1.29 is 18.7 Å². The lowest BCUT2D eigenvalue weighted by molar-refractivity contribution is -0.140. The summed E-state index contributed by atoms with van der Waals surface area (Å²) in [5, 5.41) is 0.806. The number of hydrogen-bond donors (Lipinski definition) is 0. The van der Waals surface area contributed by atoms with Gasteiger partial charge >= 0.3 is 5.63 Å². The van der Waals surface area contributed by atoms with E-state index < -0.39 is 5.63 Å². The summed E-state index contributed by atoms with van der Waals surface area (Å²) in [4.78, 5) is 25.1. The summed E-state index contributed by atoms with van der Waals surface area (Å²) in [6.45, 7) is 3.60. The maximum Gasteiger partial charge on any atom is 0.336 e. The summed E-state index contributed by atoms with van der Waals surface area (Å²) in [7, 11) is 0. The largest absolute Gasteiger partial charge is 0.484 e. The highest BCUT2D eigenvalue weighted by Crippen LogP contribution is 2.19. The fraction of sp³-hybridized carbons (Fsp3) is 0.375. The molecule has 2 heterocycles. The SMILES string of the molecule is CC1CN(C(=O)COc2ccc3ccc(=O)oc3c2)CCO1. The third kappa shape index (κ3) is 3.28. The molecule has 1 saturated heterocycles. The van der Waals surface area contributed by atoms with Gasteiger partial charge in [0.25, 0.3) is 5.91 Å².